The van der Waals surface area contributed by atoms with Crippen LogP contribution >= 0.6 is 0 Å². The molecule has 1 aromatic heterocycles. The second kappa shape index (κ2) is 2.63. The van der Waals surface area contributed by atoms with E-state index in [2.05, 4.69) is 24.0 Å². The molecule has 0 spiro atoms. The molecule has 0 amide bonds. The maximum atomic E-state index is 7.60. The highest BCUT2D eigenvalue weighted by atomic mass is 15.1. The van der Waals surface area contributed by atoms with E-state index in [1.807, 2.05) is 12.3 Å². The van der Waals surface area contributed by atoms with E-state index in [1.165, 1.54) is 5.56 Å². The summed E-state index contributed by atoms with van der Waals surface area (Å²) in [5.74, 6) is 0.436. The topological polar surface area (TPSA) is 28.7 Å². The first-order valence-corrected chi connectivity index (χ1v) is 4.12. The van der Waals surface area contributed by atoms with Crippen LogP contribution in [-0.4, -0.2) is 10.2 Å². The molecular formula is C10H12N2. The van der Waals surface area contributed by atoms with Crippen molar-refractivity contribution in [3.8, 4) is 0 Å². The second-order valence-electron chi connectivity index (χ2n) is 3.26. The number of aromatic amines is 1. The number of nitrogens with one attached hydrogen (secondary N) is 1. The quantitative estimate of drug-likeness (QED) is 0.686. The van der Waals surface area contributed by atoms with Crippen LogP contribution in [0.1, 0.15) is 26.7 Å². The van der Waals surface area contributed by atoms with E-state index in [4.69, 9.17) is 1.37 Å². The number of hydrogen-bond donors (Lipinski definition) is 1. The van der Waals surface area contributed by atoms with Crippen LogP contribution in [0.3, 0.4) is 0 Å². The Bertz CT molecular complexity index is 431. The van der Waals surface area contributed by atoms with Gasteiger partial charge in [0.25, 0.3) is 0 Å². The third-order valence-corrected chi connectivity index (χ3v) is 2.07. The Morgan fingerprint density at radius 3 is 3.08 bits per heavy atom. The average Bonchev–Trinajstić information content (AvgIpc) is 2.49. The minimum absolute atomic E-state index is 0.436. The van der Waals surface area contributed by atoms with Crippen LogP contribution in [0.25, 0.3) is 10.9 Å². The van der Waals surface area contributed by atoms with Crippen molar-refractivity contribution in [3.63, 3.8) is 0 Å². The van der Waals surface area contributed by atoms with Gasteiger partial charge in [-0.05, 0) is 17.5 Å². The number of benzene rings is 1. The van der Waals surface area contributed by atoms with Gasteiger partial charge >= 0.3 is 0 Å². The minimum atomic E-state index is 0.436. The monoisotopic (exact) mass is 162 g/mol. The maximum absolute atomic E-state index is 7.60. The van der Waals surface area contributed by atoms with E-state index in [0.717, 1.165) is 10.9 Å². The van der Waals surface area contributed by atoms with E-state index in [-0.39, 0.29) is 0 Å². The van der Waals surface area contributed by atoms with Crippen molar-refractivity contribution < 1.29 is 1.37 Å². The molecule has 0 atom stereocenters. The molecule has 1 aromatic carbocycles. The van der Waals surface area contributed by atoms with Gasteiger partial charge in [0.05, 0.1) is 13.1 Å². The van der Waals surface area contributed by atoms with Gasteiger partial charge in [-0.15, -0.1) is 0 Å². The van der Waals surface area contributed by atoms with Crippen LogP contribution in [0.2, 0.25) is 0 Å². The molecule has 0 bridgehead atoms. The Morgan fingerprint density at radius 2 is 2.33 bits per heavy atom. The van der Waals surface area contributed by atoms with Gasteiger partial charge in [0, 0.05) is 5.39 Å². The molecule has 1 heterocycles. The molecule has 0 unspecified atom stereocenters. The third-order valence-electron chi connectivity index (χ3n) is 2.07. The lowest BCUT2D eigenvalue weighted by Gasteiger charge is -2.05. The first-order valence-electron chi connectivity index (χ1n) is 4.62. The zero-order chi connectivity index (χ0) is 9.42. The number of aromatic nitrogens is 2. The first kappa shape index (κ1) is 6.23. The van der Waals surface area contributed by atoms with Crippen LogP contribution in [-0.2, 0) is 0 Å². The SMILES string of the molecule is [3H]c1cc(C(C)C)c2cn[nH]c2c1. The Labute approximate surface area is 73.0 Å². The van der Waals surface area contributed by atoms with E-state index in [1.54, 1.807) is 6.07 Å². The molecule has 0 fully saturated rings. The number of H-pyrrole nitrogens is 1. The zero-order valence-corrected chi connectivity index (χ0v) is 7.26. The van der Waals surface area contributed by atoms with E-state index < -0.39 is 0 Å². The summed E-state index contributed by atoms with van der Waals surface area (Å²) in [7, 11) is 0. The molecule has 2 aromatic rings. The van der Waals surface area contributed by atoms with Crippen LogP contribution in [0.15, 0.2) is 24.4 Å². The average molecular weight is 162 g/mol. The molecule has 0 aliphatic rings. The lowest BCUT2D eigenvalue weighted by molar-refractivity contribution is 0.876. The molecule has 2 nitrogen and oxygen atoms in total. The fourth-order valence-electron chi connectivity index (χ4n) is 1.41. The first-order chi connectivity index (χ1) is 6.18. The van der Waals surface area contributed by atoms with Crippen molar-refractivity contribution >= 4 is 10.9 Å². The van der Waals surface area contributed by atoms with E-state index in [9.17, 15) is 0 Å². The minimum Gasteiger partial charge on any atom is -0.278 e. The third kappa shape index (κ3) is 0.998. The molecule has 2 heteroatoms. The van der Waals surface area contributed by atoms with Crippen molar-refractivity contribution in [1.29, 1.82) is 0 Å². The predicted octanol–water partition coefficient (Wildman–Crippen LogP) is 2.69. The van der Waals surface area contributed by atoms with Crippen molar-refractivity contribution in [2.45, 2.75) is 19.8 Å². The second-order valence-corrected chi connectivity index (χ2v) is 3.26. The summed E-state index contributed by atoms with van der Waals surface area (Å²) < 4.78 is 7.60. The largest absolute Gasteiger partial charge is 0.278 e. The number of rotatable bonds is 1. The van der Waals surface area contributed by atoms with Gasteiger partial charge in [-0.3, -0.25) is 5.10 Å². The van der Waals surface area contributed by atoms with Gasteiger partial charge in [-0.25, -0.2) is 0 Å². The summed E-state index contributed by atoms with van der Waals surface area (Å²) >= 11 is 0. The fraction of sp³-hybridized carbons (Fsp3) is 0.300. The van der Waals surface area contributed by atoms with Crippen molar-refractivity contribution in [3.05, 3.63) is 29.9 Å². The van der Waals surface area contributed by atoms with Gasteiger partial charge in [-0.1, -0.05) is 26.0 Å². The van der Waals surface area contributed by atoms with Gasteiger partial charge in [0.1, 0.15) is 0 Å². The summed E-state index contributed by atoms with van der Waals surface area (Å²) in [6.45, 7) is 4.25. The molecule has 1 N–H and O–H groups in total. The highest BCUT2D eigenvalue weighted by Gasteiger charge is 2.04. The van der Waals surface area contributed by atoms with Crippen LogP contribution in [0, 0.1) is 0 Å². The van der Waals surface area contributed by atoms with Crippen LogP contribution in [0.4, 0.5) is 0 Å². The summed E-state index contributed by atoms with van der Waals surface area (Å²) in [5, 5.41) is 7.99. The molecule has 0 radical (unpaired) electrons. The molecule has 62 valence electrons. The van der Waals surface area contributed by atoms with Crippen molar-refractivity contribution in [2.75, 3.05) is 0 Å². The summed E-state index contributed by atoms with van der Waals surface area (Å²) in [4.78, 5) is 0. The molecule has 2 rings (SSSR count). The Kier molecular flexibility index (Phi) is 1.36. The Balaban J connectivity index is 2.77. The molecular weight excluding hydrogens is 148 g/mol. The van der Waals surface area contributed by atoms with Crippen LogP contribution < -0.4 is 0 Å². The highest BCUT2D eigenvalue weighted by molar-refractivity contribution is 5.81. The molecule has 0 saturated carbocycles. The van der Waals surface area contributed by atoms with Gasteiger partial charge in [0.15, 0.2) is 0 Å². The highest BCUT2D eigenvalue weighted by Crippen LogP contribution is 2.23. The van der Waals surface area contributed by atoms with Gasteiger partial charge in [0.2, 0.25) is 0 Å². The molecule has 0 aliphatic heterocycles. The molecule has 0 saturated heterocycles. The van der Waals surface area contributed by atoms with E-state index in [0.29, 0.717) is 12.0 Å². The lowest BCUT2D eigenvalue weighted by atomic mass is 10.00. The smallest absolute Gasteiger partial charge is 0.0653 e. The molecule has 12 heavy (non-hydrogen) atoms. The van der Waals surface area contributed by atoms with Gasteiger partial charge in [-0.2, -0.15) is 5.10 Å². The Hall–Kier alpha value is -1.31. The lowest BCUT2D eigenvalue weighted by Crippen LogP contribution is -1.86. The maximum Gasteiger partial charge on any atom is 0.0653 e. The summed E-state index contributed by atoms with van der Waals surface area (Å²) in [5.41, 5.74) is 2.15. The number of fused-ring (bicyclic) bond motifs is 1. The Morgan fingerprint density at radius 1 is 1.50 bits per heavy atom. The van der Waals surface area contributed by atoms with Crippen molar-refractivity contribution in [2.24, 2.45) is 0 Å². The van der Waals surface area contributed by atoms with E-state index >= 15 is 0 Å². The molecule has 0 aliphatic carbocycles. The normalized spacial score (nSPS) is 12.4. The number of hydrogen-bond acceptors (Lipinski definition) is 1. The fourth-order valence-corrected chi connectivity index (χ4v) is 1.41. The van der Waals surface area contributed by atoms with Crippen LogP contribution in [0.5, 0.6) is 0 Å². The van der Waals surface area contributed by atoms with Crippen molar-refractivity contribution in [1.82, 2.24) is 10.2 Å². The zero-order valence-electron chi connectivity index (χ0n) is 8.26. The summed E-state index contributed by atoms with van der Waals surface area (Å²) in [6.07, 6.45) is 1.82. The van der Waals surface area contributed by atoms with Gasteiger partial charge < -0.3 is 0 Å². The number of nitrogens with zero attached hydrogens (tertiary/aromatic N) is 1. The predicted molar refractivity (Wildman–Crippen MR) is 50.2 cm³/mol. The summed E-state index contributed by atoms with van der Waals surface area (Å²) in [6, 6.07) is 4.25. The standard InChI is InChI=1S/C10H12N2/c1-7(2)8-4-3-5-10-9(8)6-11-12-10/h3-7H,1-2H3,(H,11,12)/i3T.